The molecule has 0 radical (unpaired) electrons. The van der Waals surface area contributed by atoms with Crippen molar-refractivity contribution in [3.05, 3.63) is 35.9 Å². The van der Waals surface area contributed by atoms with E-state index in [1.54, 1.807) is 0 Å². The Morgan fingerprint density at radius 2 is 2.08 bits per heavy atom. The highest BCUT2D eigenvalue weighted by Gasteiger charge is 2.42. The standard InChI is InChI=1S/C18H28N2O3S/c1-24(21,22)19-14-17-8-5-10-18(23-17)11-13-20(15-18)12-9-16-6-3-2-4-7-16/h2-4,6-7,17,19H,5,8-15H2,1H3/t17-,18+/m0/s1. The molecule has 2 atom stereocenters. The van der Waals surface area contributed by atoms with Crippen LogP contribution in [0.5, 0.6) is 0 Å². The van der Waals surface area contributed by atoms with Gasteiger partial charge in [0.05, 0.1) is 18.0 Å². The maximum atomic E-state index is 11.3. The first kappa shape index (κ1) is 17.9. The molecular formula is C18H28N2O3S. The Kier molecular flexibility index (Phi) is 5.59. The SMILES string of the molecule is CS(=O)(=O)NC[C@@H]1CCC[C@]2(CCN(CCc3ccccc3)C2)O1. The molecule has 6 heteroatoms. The number of hydrogen-bond acceptors (Lipinski definition) is 4. The minimum atomic E-state index is -3.15. The molecule has 0 saturated carbocycles. The van der Waals surface area contributed by atoms with Crippen molar-refractivity contribution in [2.24, 2.45) is 0 Å². The Morgan fingerprint density at radius 1 is 1.29 bits per heavy atom. The lowest BCUT2D eigenvalue weighted by molar-refractivity contribution is -0.117. The highest BCUT2D eigenvalue weighted by atomic mass is 32.2. The molecular weight excluding hydrogens is 324 g/mol. The maximum Gasteiger partial charge on any atom is 0.208 e. The molecule has 0 bridgehead atoms. The van der Waals surface area contributed by atoms with Crippen molar-refractivity contribution in [2.75, 3.05) is 32.4 Å². The molecule has 134 valence electrons. The molecule has 2 heterocycles. The van der Waals surface area contributed by atoms with Crippen molar-refractivity contribution in [3.8, 4) is 0 Å². The topological polar surface area (TPSA) is 58.6 Å². The summed E-state index contributed by atoms with van der Waals surface area (Å²) in [6.45, 7) is 3.49. The molecule has 2 saturated heterocycles. The summed E-state index contributed by atoms with van der Waals surface area (Å²) in [7, 11) is -3.15. The molecule has 1 spiro atoms. The van der Waals surface area contributed by atoms with Crippen molar-refractivity contribution < 1.29 is 13.2 Å². The molecule has 5 nitrogen and oxygen atoms in total. The molecule has 24 heavy (non-hydrogen) atoms. The molecule has 1 aromatic rings. The van der Waals surface area contributed by atoms with Gasteiger partial charge in [0.1, 0.15) is 0 Å². The van der Waals surface area contributed by atoms with Gasteiger partial charge in [-0.2, -0.15) is 0 Å². The van der Waals surface area contributed by atoms with E-state index in [0.717, 1.165) is 51.7 Å². The highest BCUT2D eigenvalue weighted by molar-refractivity contribution is 7.88. The van der Waals surface area contributed by atoms with Crippen LogP contribution >= 0.6 is 0 Å². The molecule has 3 rings (SSSR count). The number of benzene rings is 1. The molecule has 0 unspecified atom stereocenters. The lowest BCUT2D eigenvalue weighted by Gasteiger charge is -2.38. The fourth-order valence-electron chi connectivity index (χ4n) is 3.86. The third-order valence-electron chi connectivity index (χ3n) is 5.10. The number of nitrogens with zero attached hydrogens (tertiary/aromatic N) is 1. The quantitative estimate of drug-likeness (QED) is 0.848. The van der Waals surface area contributed by atoms with Gasteiger partial charge in [0.25, 0.3) is 0 Å². The number of likely N-dealkylation sites (tertiary alicyclic amines) is 1. The van der Waals surface area contributed by atoms with Gasteiger partial charge in [-0.15, -0.1) is 0 Å². The smallest absolute Gasteiger partial charge is 0.208 e. The van der Waals surface area contributed by atoms with Crippen molar-refractivity contribution in [3.63, 3.8) is 0 Å². The van der Waals surface area contributed by atoms with Gasteiger partial charge in [-0.25, -0.2) is 13.1 Å². The molecule has 0 amide bonds. The summed E-state index contributed by atoms with van der Waals surface area (Å²) in [5, 5.41) is 0. The number of rotatable bonds is 6. The minimum Gasteiger partial charge on any atom is -0.369 e. The lowest BCUT2D eigenvalue weighted by atomic mass is 9.90. The lowest BCUT2D eigenvalue weighted by Crippen LogP contribution is -2.46. The monoisotopic (exact) mass is 352 g/mol. The molecule has 2 aliphatic heterocycles. The first-order valence-electron chi connectivity index (χ1n) is 8.83. The highest BCUT2D eigenvalue weighted by Crippen LogP contribution is 2.36. The van der Waals surface area contributed by atoms with Crippen LogP contribution in [0.15, 0.2) is 30.3 Å². The summed E-state index contributed by atoms with van der Waals surface area (Å²) in [6.07, 6.45) is 6.46. The number of nitrogens with one attached hydrogen (secondary N) is 1. The Balaban J connectivity index is 1.49. The Labute approximate surface area is 145 Å². The summed E-state index contributed by atoms with van der Waals surface area (Å²) in [5.41, 5.74) is 1.30. The van der Waals surface area contributed by atoms with Gasteiger partial charge in [0, 0.05) is 26.2 Å². The zero-order valence-corrected chi connectivity index (χ0v) is 15.2. The van der Waals surface area contributed by atoms with Gasteiger partial charge < -0.3 is 9.64 Å². The summed E-state index contributed by atoms with van der Waals surface area (Å²) in [4.78, 5) is 2.49. The number of hydrogen-bond donors (Lipinski definition) is 1. The van der Waals surface area contributed by atoms with E-state index in [-0.39, 0.29) is 11.7 Å². The Hall–Kier alpha value is -0.950. The average molecular weight is 352 g/mol. The molecule has 0 aromatic heterocycles. The van der Waals surface area contributed by atoms with E-state index in [4.69, 9.17) is 4.74 Å². The zero-order valence-electron chi connectivity index (χ0n) is 14.4. The van der Waals surface area contributed by atoms with Crippen LogP contribution in [0.4, 0.5) is 0 Å². The van der Waals surface area contributed by atoms with Crippen LogP contribution in [0.3, 0.4) is 0 Å². The van der Waals surface area contributed by atoms with Gasteiger partial charge in [-0.05, 0) is 37.7 Å². The van der Waals surface area contributed by atoms with Gasteiger partial charge >= 0.3 is 0 Å². The van der Waals surface area contributed by atoms with Gasteiger partial charge in [0.15, 0.2) is 0 Å². The van der Waals surface area contributed by atoms with E-state index < -0.39 is 10.0 Å². The molecule has 1 aromatic carbocycles. The van der Waals surface area contributed by atoms with Gasteiger partial charge in [-0.3, -0.25) is 0 Å². The van der Waals surface area contributed by atoms with Crippen LogP contribution < -0.4 is 4.72 Å². The fourth-order valence-corrected chi connectivity index (χ4v) is 4.35. The second-order valence-electron chi connectivity index (χ2n) is 7.20. The number of ether oxygens (including phenoxy) is 1. The van der Waals surface area contributed by atoms with Crippen LogP contribution in [0.2, 0.25) is 0 Å². The van der Waals surface area contributed by atoms with Crippen LogP contribution in [0.1, 0.15) is 31.2 Å². The average Bonchev–Trinajstić information content (AvgIpc) is 2.94. The summed E-state index contributed by atoms with van der Waals surface area (Å²) < 4.78 is 31.5. The van der Waals surface area contributed by atoms with Crippen molar-refractivity contribution in [2.45, 2.75) is 43.8 Å². The van der Waals surface area contributed by atoms with Crippen LogP contribution in [-0.4, -0.2) is 57.5 Å². The predicted molar refractivity (Wildman–Crippen MR) is 95.5 cm³/mol. The normalized spacial score (nSPS) is 28.5. The zero-order chi connectivity index (χ0) is 17.0. The predicted octanol–water partition coefficient (Wildman–Crippen LogP) is 1.79. The van der Waals surface area contributed by atoms with Crippen molar-refractivity contribution >= 4 is 10.0 Å². The first-order chi connectivity index (χ1) is 11.4. The molecule has 2 aliphatic rings. The van der Waals surface area contributed by atoms with E-state index in [2.05, 4.69) is 40.0 Å². The number of sulfonamides is 1. The van der Waals surface area contributed by atoms with Gasteiger partial charge in [-0.1, -0.05) is 30.3 Å². The summed E-state index contributed by atoms with van der Waals surface area (Å²) in [6, 6.07) is 10.6. The van der Waals surface area contributed by atoms with Crippen LogP contribution in [-0.2, 0) is 21.2 Å². The van der Waals surface area contributed by atoms with E-state index in [1.807, 2.05) is 0 Å². The van der Waals surface area contributed by atoms with Crippen molar-refractivity contribution in [1.29, 1.82) is 0 Å². The second kappa shape index (κ2) is 7.52. The second-order valence-corrected chi connectivity index (χ2v) is 9.03. The summed E-state index contributed by atoms with van der Waals surface area (Å²) in [5.74, 6) is 0. The van der Waals surface area contributed by atoms with Gasteiger partial charge in [0.2, 0.25) is 10.0 Å². The largest absolute Gasteiger partial charge is 0.369 e. The molecule has 2 fully saturated rings. The van der Waals surface area contributed by atoms with Crippen LogP contribution in [0, 0.1) is 0 Å². The van der Waals surface area contributed by atoms with Crippen molar-refractivity contribution in [1.82, 2.24) is 9.62 Å². The maximum absolute atomic E-state index is 11.3. The molecule has 0 aliphatic carbocycles. The third kappa shape index (κ3) is 5.02. The Bertz CT molecular complexity index is 635. The van der Waals surface area contributed by atoms with Crippen LogP contribution in [0.25, 0.3) is 0 Å². The first-order valence-corrected chi connectivity index (χ1v) is 10.7. The Morgan fingerprint density at radius 3 is 2.83 bits per heavy atom. The minimum absolute atomic E-state index is 0.00236. The van der Waals surface area contributed by atoms with E-state index in [1.165, 1.54) is 11.8 Å². The third-order valence-corrected chi connectivity index (χ3v) is 5.79. The van der Waals surface area contributed by atoms with E-state index in [0.29, 0.717) is 6.54 Å². The van der Waals surface area contributed by atoms with E-state index >= 15 is 0 Å². The van der Waals surface area contributed by atoms with E-state index in [9.17, 15) is 8.42 Å². The molecule has 1 N–H and O–H groups in total. The summed E-state index contributed by atoms with van der Waals surface area (Å²) >= 11 is 0. The fraction of sp³-hybridized carbons (Fsp3) is 0.667.